The van der Waals surface area contributed by atoms with E-state index in [2.05, 4.69) is 46.3 Å². The molecule has 2 aliphatic heterocycles. The maximum Gasteiger partial charge on any atom is 0.219 e. The number of fused-ring (bicyclic) bond motifs is 1. The van der Waals surface area contributed by atoms with Crippen LogP contribution in [0.4, 0.5) is 0 Å². The highest BCUT2D eigenvalue weighted by molar-refractivity contribution is 5.73. The number of hydrogen-bond acceptors (Lipinski definition) is 3. The lowest BCUT2D eigenvalue weighted by Crippen LogP contribution is -2.58. The molecule has 0 saturated carbocycles. The summed E-state index contributed by atoms with van der Waals surface area (Å²) in [6, 6.07) is 14.8. The summed E-state index contributed by atoms with van der Waals surface area (Å²) in [5.74, 6) is 0.171. The molecule has 26 heavy (non-hydrogen) atoms. The Kier molecular flexibility index (Phi) is 4.77. The number of aromatic nitrogens is 1. The molecule has 3 heterocycles. The molecule has 4 rings (SSSR count). The molecule has 1 aromatic carbocycles. The van der Waals surface area contributed by atoms with E-state index in [0.29, 0.717) is 0 Å². The van der Waals surface area contributed by atoms with Gasteiger partial charge in [-0.3, -0.25) is 14.7 Å². The van der Waals surface area contributed by atoms with E-state index in [9.17, 15) is 4.79 Å². The van der Waals surface area contributed by atoms with Crippen LogP contribution in [0, 0.1) is 0 Å². The molecule has 0 N–H and O–H groups in total. The number of pyridine rings is 1. The minimum atomic E-state index is 0.00798. The SMILES string of the molecule is CC(=O)N1Cc2ccccc2CC2(CCCCN2Cc2ccccn2)C1. The highest BCUT2D eigenvalue weighted by Crippen LogP contribution is 2.37. The first-order valence-corrected chi connectivity index (χ1v) is 9.64. The zero-order chi connectivity index (χ0) is 18.0. The fraction of sp³-hybridized carbons (Fsp3) is 0.455. The van der Waals surface area contributed by atoms with Crippen LogP contribution in [0.2, 0.25) is 0 Å². The summed E-state index contributed by atoms with van der Waals surface area (Å²) < 4.78 is 0. The standard InChI is InChI=1S/C22H27N3O/c1-18(26)24-15-20-9-3-2-8-19(20)14-22(17-24)11-5-7-13-25(22)16-21-10-4-6-12-23-21/h2-4,6,8-10,12H,5,7,11,13-17H2,1H3. The number of piperidine rings is 1. The molecule has 2 aromatic rings. The van der Waals surface area contributed by atoms with Gasteiger partial charge in [-0.1, -0.05) is 36.8 Å². The summed E-state index contributed by atoms with van der Waals surface area (Å²) in [5.41, 5.74) is 3.81. The number of carbonyl (C=O) groups is 1. The van der Waals surface area contributed by atoms with Crippen LogP contribution in [0.5, 0.6) is 0 Å². The first kappa shape index (κ1) is 17.2. The number of amides is 1. The van der Waals surface area contributed by atoms with Crippen molar-refractivity contribution >= 4 is 5.91 Å². The van der Waals surface area contributed by atoms with E-state index in [1.54, 1.807) is 6.92 Å². The minimum Gasteiger partial charge on any atom is -0.337 e. The van der Waals surface area contributed by atoms with Crippen molar-refractivity contribution in [2.75, 3.05) is 13.1 Å². The maximum absolute atomic E-state index is 12.3. The van der Waals surface area contributed by atoms with Gasteiger partial charge in [-0.05, 0) is 49.1 Å². The molecule has 1 spiro atoms. The van der Waals surface area contributed by atoms with Crippen LogP contribution in [0.15, 0.2) is 48.7 Å². The number of carbonyl (C=O) groups excluding carboxylic acids is 1. The van der Waals surface area contributed by atoms with Gasteiger partial charge in [0.05, 0.1) is 5.69 Å². The lowest BCUT2D eigenvalue weighted by Gasteiger charge is -2.48. The molecule has 0 radical (unpaired) electrons. The summed E-state index contributed by atoms with van der Waals surface area (Å²) >= 11 is 0. The zero-order valence-electron chi connectivity index (χ0n) is 15.5. The van der Waals surface area contributed by atoms with E-state index < -0.39 is 0 Å². The van der Waals surface area contributed by atoms with Crippen LogP contribution in [0.25, 0.3) is 0 Å². The number of hydrogen-bond donors (Lipinski definition) is 0. The van der Waals surface area contributed by atoms with Gasteiger partial charge < -0.3 is 4.90 Å². The highest BCUT2D eigenvalue weighted by atomic mass is 16.2. The molecule has 136 valence electrons. The summed E-state index contributed by atoms with van der Waals surface area (Å²) in [7, 11) is 0. The Labute approximate surface area is 155 Å². The number of likely N-dealkylation sites (tertiary alicyclic amines) is 1. The van der Waals surface area contributed by atoms with E-state index in [1.165, 1.54) is 24.0 Å². The van der Waals surface area contributed by atoms with Crippen LogP contribution in [-0.2, 0) is 24.3 Å². The van der Waals surface area contributed by atoms with Crippen molar-refractivity contribution in [2.24, 2.45) is 0 Å². The predicted octanol–water partition coefficient (Wildman–Crippen LogP) is 3.41. The van der Waals surface area contributed by atoms with Crippen molar-refractivity contribution < 1.29 is 4.79 Å². The van der Waals surface area contributed by atoms with Crippen molar-refractivity contribution in [1.82, 2.24) is 14.8 Å². The largest absolute Gasteiger partial charge is 0.337 e. The van der Waals surface area contributed by atoms with Crippen LogP contribution in [0.3, 0.4) is 0 Å². The molecule has 1 unspecified atom stereocenters. The van der Waals surface area contributed by atoms with Gasteiger partial charge in [0.25, 0.3) is 0 Å². The highest BCUT2D eigenvalue weighted by Gasteiger charge is 2.42. The third kappa shape index (κ3) is 3.38. The van der Waals surface area contributed by atoms with E-state index >= 15 is 0 Å². The zero-order valence-corrected chi connectivity index (χ0v) is 15.5. The fourth-order valence-corrected chi connectivity index (χ4v) is 4.60. The molecule has 1 aromatic heterocycles. The van der Waals surface area contributed by atoms with Crippen molar-refractivity contribution in [3.05, 3.63) is 65.5 Å². The van der Waals surface area contributed by atoms with Crippen LogP contribution in [-0.4, -0.2) is 39.3 Å². The number of rotatable bonds is 2. The second-order valence-corrected chi connectivity index (χ2v) is 7.74. The average molecular weight is 349 g/mol. The molecular formula is C22H27N3O. The average Bonchev–Trinajstić information content (AvgIpc) is 2.82. The van der Waals surface area contributed by atoms with Gasteiger partial charge in [-0.15, -0.1) is 0 Å². The smallest absolute Gasteiger partial charge is 0.219 e. The molecule has 1 saturated heterocycles. The molecular weight excluding hydrogens is 322 g/mol. The first-order chi connectivity index (χ1) is 12.7. The van der Waals surface area contributed by atoms with Crippen LogP contribution >= 0.6 is 0 Å². The molecule has 1 amide bonds. The quantitative estimate of drug-likeness (QED) is 0.834. The fourth-order valence-electron chi connectivity index (χ4n) is 4.60. The summed E-state index contributed by atoms with van der Waals surface area (Å²) in [5, 5.41) is 0. The summed E-state index contributed by atoms with van der Waals surface area (Å²) in [6.07, 6.45) is 6.47. The van der Waals surface area contributed by atoms with E-state index in [0.717, 1.165) is 44.7 Å². The first-order valence-electron chi connectivity index (χ1n) is 9.64. The Hall–Kier alpha value is -2.20. The monoisotopic (exact) mass is 349 g/mol. The van der Waals surface area contributed by atoms with Crippen molar-refractivity contribution in [3.63, 3.8) is 0 Å². The molecule has 0 bridgehead atoms. The Morgan fingerprint density at radius 3 is 2.69 bits per heavy atom. The Morgan fingerprint density at radius 2 is 1.92 bits per heavy atom. The van der Waals surface area contributed by atoms with Crippen LogP contribution in [0.1, 0.15) is 43.0 Å². The molecule has 4 heteroatoms. The lowest BCUT2D eigenvalue weighted by atomic mass is 9.80. The predicted molar refractivity (Wildman–Crippen MR) is 102 cm³/mol. The topological polar surface area (TPSA) is 36.4 Å². The minimum absolute atomic E-state index is 0.00798. The molecule has 1 fully saturated rings. The third-order valence-corrected chi connectivity index (χ3v) is 6.00. The van der Waals surface area contributed by atoms with Gasteiger partial charge in [-0.25, -0.2) is 0 Å². The summed E-state index contributed by atoms with van der Waals surface area (Å²) in [4.78, 5) is 21.5. The Bertz CT molecular complexity index is 776. The Balaban J connectivity index is 1.71. The normalized spacial score (nSPS) is 23.5. The van der Waals surface area contributed by atoms with Gasteiger partial charge in [0, 0.05) is 38.3 Å². The number of benzene rings is 1. The second-order valence-electron chi connectivity index (χ2n) is 7.74. The molecule has 4 nitrogen and oxygen atoms in total. The van der Waals surface area contributed by atoms with Crippen molar-refractivity contribution in [3.8, 4) is 0 Å². The molecule has 1 atom stereocenters. The van der Waals surface area contributed by atoms with E-state index in [-0.39, 0.29) is 11.4 Å². The molecule has 0 aliphatic carbocycles. The van der Waals surface area contributed by atoms with Crippen molar-refractivity contribution in [1.29, 1.82) is 0 Å². The summed E-state index contributed by atoms with van der Waals surface area (Å²) in [6.45, 7) is 5.17. The third-order valence-electron chi connectivity index (χ3n) is 6.00. The van der Waals surface area contributed by atoms with E-state index in [4.69, 9.17) is 0 Å². The van der Waals surface area contributed by atoms with Gasteiger partial charge in [0.15, 0.2) is 0 Å². The molecule has 2 aliphatic rings. The van der Waals surface area contributed by atoms with Gasteiger partial charge in [0.1, 0.15) is 0 Å². The lowest BCUT2D eigenvalue weighted by molar-refractivity contribution is -0.132. The van der Waals surface area contributed by atoms with Crippen molar-refractivity contribution in [2.45, 2.75) is 51.2 Å². The second kappa shape index (κ2) is 7.20. The van der Waals surface area contributed by atoms with E-state index in [1.807, 2.05) is 17.2 Å². The Morgan fingerprint density at radius 1 is 1.12 bits per heavy atom. The van der Waals surface area contributed by atoms with Crippen LogP contribution < -0.4 is 0 Å². The number of nitrogens with zero attached hydrogens (tertiary/aromatic N) is 3. The van der Waals surface area contributed by atoms with Gasteiger partial charge in [0.2, 0.25) is 5.91 Å². The maximum atomic E-state index is 12.3. The van der Waals surface area contributed by atoms with Gasteiger partial charge >= 0.3 is 0 Å². The van der Waals surface area contributed by atoms with Gasteiger partial charge in [-0.2, -0.15) is 0 Å².